The lowest BCUT2D eigenvalue weighted by Crippen LogP contribution is -2.39. The third-order valence-corrected chi connectivity index (χ3v) is 9.23. The number of hydrogen-bond donors (Lipinski definition) is 3. The van der Waals surface area contributed by atoms with Gasteiger partial charge in [0.25, 0.3) is 0 Å². The van der Waals surface area contributed by atoms with E-state index in [0.717, 1.165) is 12.0 Å². The van der Waals surface area contributed by atoms with Crippen molar-refractivity contribution in [2.75, 3.05) is 23.3 Å². The lowest BCUT2D eigenvalue weighted by Gasteiger charge is -2.33. The van der Waals surface area contributed by atoms with Crippen molar-refractivity contribution in [1.82, 2.24) is 4.72 Å². The van der Waals surface area contributed by atoms with Gasteiger partial charge < -0.3 is 16.0 Å². The number of nitrogens with two attached hydrogens (primary N) is 1. The largest absolute Gasteiger partial charge is 0.370 e. The fraction of sp³-hybridized carbons (Fsp3) is 0.500. The number of nitrogens with one attached hydrogen (secondary N) is 2. The number of sulfonamides is 1. The highest BCUT2D eigenvalue weighted by Crippen LogP contribution is 2.33. The molecule has 0 spiro atoms. The molecule has 37 heavy (non-hydrogen) atoms. The van der Waals surface area contributed by atoms with Crippen LogP contribution < -0.4 is 20.7 Å². The lowest BCUT2D eigenvalue weighted by molar-refractivity contribution is -0.122. The van der Waals surface area contributed by atoms with Gasteiger partial charge in [0, 0.05) is 37.2 Å². The van der Waals surface area contributed by atoms with Gasteiger partial charge in [0.1, 0.15) is 4.90 Å². The van der Waals surface area contributed by atoms with Crippen molar-refractivity contribution >= 4 is 33.2 Å². The van der Waals surface area contributed by atoms with Crippen LogP contribution in [0.15, 0.2) is 53.4 Å². The van der Waals surface area contributed by atoms with Crippen LogP contribution in [-0.4, -0.2) is 33.3 Å². The predicted molar refractivity (Wildman–Crippen MR) is 146 cm³/mol. The maximum atomic E-state index is 13.7. The second-order valence-electron chi connectivity index (χ2n) is 10.3. The summed E-state index contributed by atoms with van der Waals surface area (Å²) < 4.78 is 30.1. The van der Waals surface area contributed by atoms with Crippen LogP contribution in [-0.2, 0) is 19.6 Å². The fourth-order valence-electron chi connectivity index (χ4n) is 5.44. The van der Waals surface area contributed by atoms with Gasteiger partial charge in [-0.25, -0.2) is 13.1 Å². The van der Waals surface area contributed by atoms with Gasteiger partial charge in [-0.2, -0.15) is 0 Å². The van der Waals surface area contributed by atoms with Crippen LogP contribution in [0.5, 0.6) is 0 Å². The van der Waals surface area contributed by atoms with Gasteiger partial charge in [-0.3, -0.25) is 9.59 Å². The average Bonchev–Trinajstić information content (AvgIpc) is 3.42. The van der Waals surface area contributed by atoms with E-state index in [-0.39, 0.29) is 22.6 Å². The topological polar surface area (TPSA) is 122 Å². The molecule has 2 fully saturated rings. The summed E-state index contributed by atoms with van der Waals surface area (Å²) in [7, 11) is -3.94. The molecular formula is C28H38N4O4S. The number of amides is 2. The lowest BCUT2D eigenvalue weighted by atomic mass is 9.96. The van der Waals surface area contributed by atoms with Gasteiger partial charge in [-0.05, 0) is 55.9 Å². The normalized spacial score (nSPS) is 18.0. The first-order chi connectivity index (χ1) is 17.7. The van der Waals surface area contributed by atoms with E-state index in [1.54, 1.807) is 25.1 Å². The van der Waals surface area contributed by atoms with Crippen LogP contribution in [0.25, 0.3) is 0 Å². The first-order valence-electron chi connectivity index (χ1n) is 13.3. The zero-order chi connectivity index (χ0) is 26.4. The summed E-state index contributed by atoms with van der Waals surface area (Å²) in [6.07, 6.45) is 7.27. The second kappa shape index (κ2) is 12.1. The molecule has 8 nitrogen and oxygen atoms in total. The number of carbonyl (C=O) groups excluding carboxylic acids is 2. The van der Waals surface area contributed by atoms with E-state index >= 15 is 0 Å². The quantitative estimate of drug-likeness (QED) is 0.425. The SMILES string of the molecule is CC(NS(=O)(=O)c1cc(NC(=O)CCC2CCCC2)ccc1N1CCC(C(N)=O)CC1)c1ccccc1. The van der Waals surface area contributed by atoms with Crippen molar-refractivity contribution in [3.05, 3.63) is 54.1 Å². The van der Waals surface area contributed by atoms with Crippen LogP contribution >= 0.6 is 0 Å². The zero-order valence-corrected chi connectivity index (χ0v) is 22.3. The molecule has 0 bridgehead atoms. The summed E-state index contributed by atoms with van der Waals surface area (Å²) in [5.74, 6) is -0.0144. The summed E-state index contributed by atoms with van der Waals surface area (Å²) in [6.45, 7) is 2.86. The van der Waals surface area contributed by atoms with Crippen LogP contribution in [0.4, 0.5) is 11.4 Å². The molecule has 9 heteroatoms. The molecule has 4 rings (SSSR count). The molecule has 2 aliphatic rings. The molecule has 200 valence electrons. The molecule has 0 radical (unpaired) electrons. The molecule has 0 aromatic heterocycles. The van der Waals surface area contributed by atoms with Crippen molar-refractivity contribution in [3.63, 3.8) is 0 Å². The minimum atomic E-state index is -3.94. The smallest absolute Gasteiger partial charge is 0.243 e. The molecule has 2 aromatic rings. The number of nitrogens with zero attached hydrogens (tertiary/aromatic N) is 1. The summed E-state index contributed by atoms with van der Waals surface area (Å²) >= 11 is 0. The Bertz CT molecular complexity index is 1190. The van der Waals surface area contributed by atoms with Gasteiger partial charge in [0.2, 0.25) is 21.8 Å². The summed E-state index contributed by atoms with van der Waals surface area (Å²) in [4.78, 5) is 26.4. The first-order valence-corrected chi connectivity index (χ1v) is 14.8. The number of anilines is 2. The molecule has 1 heterocycles. The molecule has 4 N–H and O–H groups in total. The van der Waals surface area contributed by atoms with Crippen molar-refractivity contribution in [2.45, 2.75) is 69.2 Å². The van der Waals surface area contributed by atoms with Crippen LogP contribution in [0, 0.1) is 11.8 Å². The van der Waals surface area contributed by atoms with E-state index in [1.807, 2.05) is 35.2 Å². The van der Waals surface area contributed by atoms with E-state index in [2.05, 4.69) is 10.0 Å². The van der Waals surface area contributed by atoms with E-state index in [4.69, 9.17) is 5.73 Å². The summed E-state index contributed by atoms with van der Waals surface area (Å²) in [5, 5.41) is 2.90. The van der Waals surface area contributed by atoms with Gasteiger partial charge in [0.05, 0.1) is 5.69 Å². The zero-order valence-electron chi connectivity index (χ0n) is 21.5. The number of benzene rings is 2. The molecule has 2 amide bonds. The molecule has 2 aromatic carbocycles. The molecule has 1 atom stereocenters. The highest BCUT2D eigenvalue weighted by molar-refractivity contribution is 7.89. The Labute approximate surface area is 220 Å². The Kier molecular flexibility index (Phi) is 8.87. The summed E-state index contributed by atoms with van der Waals surface area (Å²) in [6, 6.07) is 14.0. The molecule has 1 saturated carbocycles. The highest BCUT2D eigenvalue weighted by atomic mass is 32.2. The van der Waals surface area contributed by atoms with E-state index < -0.39 is 16.1 Å². The third kappa shape index (κ3) is 7.11. The monoisotopic (exact) mass is 526 g/mol. The van der Waals surface area contributed by atoms with Crippen molar-refractivity contribution in [2.24, 2.45) is 17.6 Å². The number of piperidine rings is 1. The molecule has 1 unspecified atom stereocenters. The average molecular weight is 527 g/mol. The second-order valence-corrected chi connectivity index (χ2v) is 12.0. The molecule has 1 aliphatic heterocycles. The Morgan fingerprint density at radius 1 is 1.03 bits per heavy atom. The fourth-order valence-corrected chi connectivity index (χ4v) is 6.92. The Hall–Kier alpha value is -2.91. The van der Waals surface area contributed by atoms with Crippen LogP contribution in [0.2, 0.25) is 0 Å². The number of primary amides is 1. The van der Waals surface area contributed by atoms with E-state index in [9.17, 15) is 18.0 Å². The Morgan fingerprint density at radius 2 is 1.70 bits per heavy atom. The predicted octanol–water partition coefficient (Wildman–Crippen LogP) is 4.34. The van der Waals surface area contributed by atoms with Crippen molar-refractivity contribution < 1.29 is 18.0 Å². The van der Waals surface area contributed by atoms with Crippen LogP contribution in [0.1, 0.15) is 69.9 Å². The summed E-state index contributed by atoms with van der Waals surface area (Å²) in [5.41, 5.74) is 7.35. The third-order valence-electron chi connectivity index (χ3n) is 7.66. The van der Waals surface area contributed by atoms with E-state index in [1.165, 1.54) is 25.7 Å². The standard InChI is InChI=1S/C28H38N4O4S/c1-20(22-9-3-2-4-10-22)31-37(35,36)26-19-24(30-27(33)14-11-21-7-5-6-8-21)12-13-25(26)32-17-15-23(16-18-32)28(29)34/h2-4,9-10,12-13,19-21,23,31H,5-8,11,14-18H2,1H3,(H2,29,34)(H,30,33). The maximum Gasteiger partial charge on any atom is 0.243 e. The van der Waals surface area contributed by atoms with Gasteiger partial charge in [-0.1, -0.05) is 56.0 Å². The number of carbonyl (C=O) groups is 2. The molecular weight excluding hydrogens is 488 g/mol. The number of rotatable bonds is 10. The van der Waals surface area contributed by atoms with Gasteiger partial charge >= 0.3 is 0 Å². The van der Waals surface area contributed by atoms with Crippen molar-refractivity contribution in [1.29, 1.82) is 0 Å². The number of hydrogen-bond acceptors (Lipinski definition) is 5. The maximum absolute atomic E-state index is 13.7. The van der Waals surface area contributed by atoms with E-state index in [0.29, 0.717) is 49.6 Å². The molecule has 1 saturated heterocycles. The molecule has 1 aliphatic carbocycles. The van der Waals surface area contributed by atoms with Gasteiger partial charge in [-0.15, -0.1) is 0 Å². The Balaban J connectivity index is 1.55. The van der Waals surface area contributed by atoms with Gasteiger partial charge in [0.15, 0.2) is 0 Å². The minimum absolute atomic E-state index is 0.101. The minimum Gasteiger partial charge on any atom is -0.370 e. The first kappa shape index (κ1) is 27.1. The van der Waals surface area contributed by atoms with Crippen LogP contribution in [0.3, 0.4) is 0 Å². The van der Waals surface area contributed by atoms with Crippen molar-refractivity contribution in [3.8, 4) is 0 Å². The highest BCUT2D eigenvalue weighted by Gasteiger charge is 2.29. The Morgan fingerprint density at radius 3 is 2.35 bits per heavy atom.